The van der Waals surface area contributed by atoms with Crippen LogP contribution in [0.5, 0.6) is 0 Å². The van der Waals surface area contributed by atoms with Gasteiger partial charge in [-0.05, 0) is 31.5 Å². The highest BCUT2D eigenvalue weighted by molar-refractivity contribution is 5.78. The average Bonchev–Trinajstić information content (AvgIpc) is 3.10. The third-order valence-electron chi connectivity index (χ3n) is 6.31. The van der Waals surface area contributed by atoms with Crippen LogP contribution in [0.2, 0.25) is 0 Å². The number of amides is 1. The summed E-state index contributed by atoms with van der Waals surface area (Å²) in [4.78, 5) is 20.5. The highest BCUT2D eigenvalue weighted by Gasteiger charge is 2.31. The van der Waals surface area contributed by atoms with Crippen molar-refractivity contribution in [3.05, 3.63) is 76.7 Å². The van der Waals surface area contributed by atoms with Crippen LogP contribution in [0.3, 0.4) is 0 Å². The zero-order chi connectivity index (χ0) is 25.0. The van der Waals surface area contributed by atoms with Crippen LogP contribution in [0, 0.1) is 13.8 Å². The fourth-order valence-electron chi connectivity index (χ4n) is 4.22. The highest BCUT2D eigenvalue weighted by Crippen LogP contribution is 2.29. The molecule has 1 aromatic carbocycles. The van der Waals surface area contributed by atoms with Gasteiger partial charge >= 0.3 is 6.18 Å². The maximum atomic E-state index is 12.7. The summed E-state index contributed by atoms with van der Waals surface area (Å²) < 4.78 is 40.2. The van der Waals surface area contributed by atoms with Crippen molar-refractivity contribution < 1.29 is 18.0 Å². The van der Waals surface area contributed by atoms with Crippen LogP contribution in [0.4, 0.5) is 19.0 Å². The van der Waals surface area contributed by atoms with E-state index in [1.165, 1.54) is 11.6 Å². The summed E-state index contributed by atoms with van der Waals surface area (Å²) in [6.45, 7) is 7.77. The molecule has 1 aliphatic heterocycles. The summed E-state index contributed by atoms with van der Waals surface area (Å²) in [6, 6.07) is 12.6. The number of carbonyl (C=O) groups is 1. The summed E-state index contributed by atoms with van der Waals surface area (Å²) in [6.07, 6.45) is -3.53. The first kappa shape index (κ1) is 24.7. The second-order valence-corrected chi connectivity index (χ2v) is 8.74. The van der Waals surface area contributed by atoms with Crippen LogP contribution in [-0.4, -0.2) is 58.3 Å². The second kappa shape index (κ2) is 10.5. The molecular formula is C25H29F3N6O. The van der Waals surface area contributed by atoms with Gasteiger partial charge in [0.2, 0.25) is 5.91 Å². The SMILES string of the molecule is Cc1nn(Cc2ccccc2)c(C)c1CNC(=O)CN1CCN(c2ccc(C(F)(F)F)cn2)CC1. The Hall–Kier alpha value is -3.40. The molecule has 3 aromatic rings. The van der Waals surface area contributed by atoms with Gasteiger partial charge in [-0.2, -0.15) is 18.3 Å². The third kappa shape index (κ3) is 6.19. The van der Waals surface area contributed by atoms with Crippen molar-refractivity contribution in [2.75, 3.05) is 37.6 Å². The molecule has 0 unspecified atom stereocenters. The van der Waals surface area contributed by atoms with Gasteiger partial charge in [0, 0.05) is 50.2 Å². The zero-order valence-electron chi connectivity index (χ0n) is 19.8. The van der Waals surface area contributed by atoms with Crippen molar-refractivity contribution in [2.45, 2.75) is 33.1 Å². The normalized spacial score (nSPS) is 14.8. The quantitative estimate of drug-likeness (QED) is 0.555. The number of rotatable bonds is 7. The maximum absolute atomic E-state index is 12.7. The Bertz CT molecular complexity index is 1140. The molecule has 1 aliphatic rings. The van der Waals surface area contributed by atoms with Crippen LogP contribution in [0.1, 0.15) is 28.1 Å². The smallest absolute Gasteiger partial charge is 0.354 e. The first-order valence-corrected chi connectivity index (χ1v) is 11.5. The molecule has 1 saturated heterocycles. The fraction of sp³-hybridized carbons (Fsp3) is 0.400. The zero-order valence-corrected chi connectivity index (χ0v) is 19.8. The molecule has 1 fully saturated rings. The summed E-state index contributed by atoms with van der Waals surface area (Å²) in [7, 11) is 0. The monoisotopic (exact) mass is 486 g/mol. The first-order valence-electron chi connectivity index (χ1n) is 11.5. The lowest BCUT2D eigenvalue weighted by molar-refractivity contribution is -0.137. The lowest BCUT2D eigenvalue weighted by Crippen LogP contribution is -2.49. The number of hydrogen-bond acceptors (Lipinski definition) is 5. The van der Waals surface area contributed by atoms with Gasteiger partial charge in [-0.1, -0.05) is 30.3 Å². The van der Waals surface area contributed by atoms with E-state index >= 15 is 0 Å². The van der Waals surface area contributed by atoms with Gasteiger partial charge in [0.25, 0.3) is 0 Å². The third-order valence-corrected chi connectivity index (χ3v) is 6.31. The van der Waals surface area contributed by atoms with Crippen molar-refractivity contribution in [3.8, 4) is 0 Å². The van der Waals surface area contributed by atoms with Crippen molar-refractivity contribution in [1.82, 2.24) is 25.0 Å². The molecule has 0 spiro atoms. The van der Waals surface area contributed by atoms with Crippen molar-refractivity contribution >= 4 is 11.7 Å². The van der Waals surface area contributed by atoms with Gasteiger partial charge in [0.1, 0.15) is 5.82 Å². The van der Waals surface area contributed by atoms with E-state index in [0.717, 1.165) is 29.2 Å². The molecular weight excluding hydrogens is 457 g/mol. The molecule has 1 N–H and O–H groups in total. The number of aromatic nitrogens is 3. The molecule has 3 heterocycles. The molecule has 186 valence electrons. The van der Waals surface area contributed by atoms with E-state index in [4.69, 9.17) is 0 Å². The fourth-order valence-corrected chi connectivity index (χ4v) is 4.22. The minimum atomic E-state index is -4.39. The minimum absolute atomic E-state index is 0.0688. The number of nitrogens with one attached hydrogen (secondary N) is 1. The molecule has 1 amide bonds. The number of alkyl halides is 3. The number of hydrogen-bond donors (Lipinski definition) is 1. The van der Waals surface area contributed by atoms with E-state index < -0.39 is 11.7 Å². The largest absolute Gasteiger partial charge is 0.417 e. The van der Waals surface area contributed by atoms with Gasteiger partial charge in [-0.15, -0.1) is 0 Å². The Labute approximate surface area is 202 Å². The highest BCUT2D eigenvalue weighted by atomic mass is 19.4. The van der Waals surface area contributed by atoms with Crippen molar-refractivity contribution in [3.63, 3.8) is 0 Å². The van der Waals surface area contributed by atoms with Crippen LogP contribution >= 0.6 is 0 Å². The Balaban J connectivity index is 1.25. The van der Waals surface area contributed by atoms with Gasteiger partial charge in [0.15, 0.2) is 0 Å². The number of pyridine rings is 1. The Morgan fingerprint density at radius 3 is 2.37 bits per heavy atom. The van der Waals surface area contributed by atoms with Crippen molar-refractivity contribution in [2.24, 2.45) is 0 Å². The van der Waals surface area contributed by atoms with Crippen LogP contribution in [0.25, 0.3) is 0 Å². The van der Waals surface area contributed by atoms with E-state index in [0.29, 0.717) is 45.1 Å². The van der Waals surface area contributed by atoms with E-state index in [-0.39, 0.29) is 12.5 Å². The Kier molecular flexibility index (Phi) is 7.39. The molecule has 7 nitrogen and oxygen atoms in total. The minimum Gasteiger partial charge on any atom is -0.354 e. The van der Waals surface area contributed by atoms with Crippen LogP contribution in [0.15, 0.2) is 48.7 Å². The summed E-state index contributed by atoms with van der Waals surface area (Å²) in [5, 5.41) is 7.64. The molecule has 0 radical (unpaired) electrons. The number of carbonyl (C=O) groups excluding carboxylic acids is 1. The summed E-state index contributed by atoms with van der Waals surface area (Å²) >= 11 is 0. The molecule has 0 atom stereocenters. The molecule has 2 aromatic heterocycles. The lowest BCUT2D eigenvalue weighted by atomic mass is 10.2. The van der Waals surface area contributed by atoms with Crippen LogP contribution in [-0.2, 0) is 24.1 Å². The van der Waals surface area contributed by atoms with E-state index in [9.17, 15) is 18.0 Å². The van der Waals surface area contributed by atoms with Gasteiger partial charge in [-0.3, -0.25) is 14.4 Å². The predicted molar refractivity (Wildman–Crippen MR) is 127 cm³/mol. The topological polar surface area (TPSA) is 66.3 Å². The van der Waals surface area contributed by atoms with Gasteiger partial charge in [-0.25, -0.2) is 4.98 Å². The number of piperazine rings is 1. The number of benzene rings is 1. The number of aryl methyl sites for hydroxylation is 1. The second-order valence-electron chi connectivity index (χ2n) is 8.74. The molecule has 10 heteroatoms. The molecule has 35 heavy (non-hydrogen) atoms. The summed E-state index contributed by atoms with van der Waals surface area (Å²) in [5.41, 5.74) is 3.36. The van der Waals surface area contributed by atoms with Crippen LogP contribution < -0.4 is 10.2 Å². The first-order chi connectivity index (χ1) is 16.7. The maximum Gasteiger partial charge on any atom is 0.417 e. The van der Waals surface area contributed by atoms with Gasteiger partial charge in [0.05, 0.1) is 24.3 Å². The summed E-state index contributed by atoms with van der Waals surface area (Å²) in [5.74, 6) is 0.446. The predicted octanol–water partition coefficient (Wildman–Crippen LogP) is 3.40. The Morgan fingerprint density at radius 1 is 1.03 bits per heavy atom. The van der Waals surface area contributed by atoms with E-state index in [1.807, 2.05) is 46.5 Å². The van der Waals surface area contributed by atoms with Gasteiger partial charge < -0.3 is 10.2 Å². The number of nitrogens with zero attached hydrogens (tertiary/aromatic N) is 5. The molecule has 4 rings (SSSR count). The Morgan fingerprint density at radius 2 is 1.74 bits per heavy atom. The standard InChI is InChI=1S/C25H29F3N6O/c1-18-22(19(2)34(31-18)16-20-6-4-3-5-7-20)15-30-24(35)17-32-10-12-33(13-11-32)23-9-8-21(14-29-23)25(26,27)28/h3-9,14H,10-13,15-17H2,1-2H3,(H,30,35). The lowest BCUT2D eigenvalue weighted by Gasteiger charge is -2.35. The van der Waals surface area contributed by atoms with E-state index in [2.05, 4.69) is 27.5 Å². The number of halogens is 3. The number of anilines is 1. The molecule has 0 aliphatic carbocycles. The molecule has 0 saturated carbocycles. The molecule has 0 bridgehead atoms. The van der Waals surface area contributed by atoms with E-state index in [1.54, 1.807) is 0 Å². The average molecular weight is 487 g/mol. The van der Waals surface area contributed by atoms with Crippen molar-refractivity contribution in [1.29, 1.82) is 0 Å².